The predicted octanol–water partition coefficient (Wildman–Crippen LogP) is 1.31. The molecule has 0 amide bonds. The van der Waals surface area contributed by atoms with E-state index in [2.05, 4.69) is 17.6 Å². The Morgan fingerprint density at radius 1 is 1.53 bits per heavy atom. The average molecular weight is 273 g/mol. The Morgan fingerprint density at radius 2 is 2.26 bits per heavy atom. The molecular formula is C13H24FN3O2. The summed E-state index contributed by atoms with van der Waals surface area (Å²) in [6.45, 7) is 5.74. The molecule has 1 aliphatic rings. The molecular weight excluding hydrogens is 249 g/mol. The zero-order valence-electron chi connectivity index (χ0n) is 11.9. The normalized spacial score (nSPS) is 18.1. The Morgan fingerprint density at radius 3 is 2.63 bits per heavy atom. The SMILES string of the molecule is CN.COCCN1C[C@@H](C)CO1.Fc1ccccn1. The Hall–Kier alpha value is -1.08. The molecule has 0 spiro atoms. The van der Waals surface area contributed by atoms with Gasteiger partial charge in [0.1, 0.15) is 0 Å². The minimum absolute atomic E-state index is 0.428. The van der Waals surface area contributed by atoms with Crippen molar-refractivity contribution in [1.29, 1.82) is 0 Å². The third-order valence-corrected chi connectivity index (χ3v) is 2.23. The van der Waals surface area contributed by atoms with Gasteiger partial charge in [-0.1, -0.05) is 13.0 Å². The van der Waals surface area contributed by atoms with Crippen LogP contribution in [0.3, 0.4) is 0 Å². The Kier molecular flexibility index (Phi) is 11.3. The molecule has 1 fully saturated rings. The first-order valence-corrected chi connectivity index (χ1v) is 6.23. The van der Waals surface area contributed by atoms with Crippen molar-refractivity contribution in [2.24, 2.45) is 11.7 Å². The van der Waals surface area contributed by atoms with E-state index < -0.39 is 5.95 Å². The number of pyridine rings is 1. The highest BCUT2D eigenvalue weighted by atomic mass is 19.1. The molecule has 2 heterocycles. The van der Waals surface area contributed by atoms with E-state index in [0.29, 0.717) is 5.92 Å². The van der Waals surface area contributed by atoms with E-state index in [4.69, 9.17) is 9.57 Å². The zero-order chi connectivity index (χ0) is 14.5. The van der Waals surface area contributed by atoms with Crippen LogP contribution in [0.1, 0.15) is 6.92 Å². The van der Waals surface area contributed by atoms with E-state index in [1.807, 2.05) is 5.06 Å². The van der Waals surface area contributed by atoms with E-state index in [-0.39, 0.29) is 0 Å². The van der Waals surface area contributed by atoms with Gasteiger partial charge in [-0.25, -0.2) is 4.98 Å². The van der Waals surface area contributed by atoms with Gasteiger partial charge in [-0.05, 0) is 25.1 Å². The quantitative estimate of drug-likeness (QED) is 0.841. The highest BCUT2D eigenvalue weighted by molar-refractivity contribution is 4.90. The third kappa shape index (κ3) is 9.49. The minimum Gasteiger partial charge on any atom is -0.383 e. The molecule has 0 aliphatic carbocycles. The summed E-state index contributed by atoms with van der Waals surface area (Å²) in [6.07, 6.45) is 1.41. The molecule has 0 saturated carbocycles. The fraction of sp³-hybridized carbons (Fsp3) is 0.615. The second kappa shape index (κ2) is 12.0. The number of hydroxylamine groups is 2. The number of methoxy groups -OCH3 is 1. The highest BCUT2D eigenvalue weighted by Crippen LogP contribution is 2.09. The molecule has 5 nitrogen and oxygen atoms in total. The van der Waals surface area contributed by atoms with Gasteiger partial charge < -0.3 is 10.5 Å². The molecule has 2 rings (SSSR count). The summed E-state index contributed by atoms with van der Waals surface area (Å²) < 4.78 is 16.7. The van der Waals surface area contributed by atoms with Crippen LogP contribution in [-0.4, -0.2) is 50.5 Å². The van der Waals surface area contributed by atoms with Gasteiger partial charge >= 0.3 is 0 Å². The number of aromatic nitrogens is 1. The number of nitrogens with two attached hydrogens (primary N) is 1. The highest BCUT2D eigenvalue weighted by Gasteiger charge is 2.18. The first kappa shape index (κ1) is 17.9. The molecule has 0 radical (unpaired) electrons. The van der Waals surface area contributed by atoms with Crippen molar-refractivity contribution >= 4 is 0 Å². The topological polar surface area (TPSA) is 60.6 Å². The van der Waals surface area contributed by atoms with E-state index in [9.17, 15) is 4.39 Å². The maximum atomic E-state index is 11.8. The van der Waals surface area contributed by atoms with Crippen LogP contribution in [0.2, 0.25) is 0 Å². The van der Waals surface area contributed by atoms with Gasteiger partial charge in [0.25, 0.3) is 0 Å². The van der Waals surface area contributed by atoms with Crippen molar-refractivity contribution in [3.63, 3.8) is 0 Å². The van der Waals surface area contributed by atoms with Gasteiger partial charge in [0, 0.05) is 26.4 Å². The fourth-order valence-corrected chi connectivity index (χ4v) is 1.38. The number of ether oxygens (including phenoxy) is 1. The average Bonchev–Trinajstić information content (AvgIpc) is 2.86. The lowest BCUT2D eigenvalue weighted by Gasteiger charge is -2.11. The van der Waals surface area contributed by atoms with Crippen molar-refractivity contribution < 1.29 is 14.0 Å². The molecule has 1 atom stereocenters. The summed E-state index contributed by atoms with van der Waals surface area (Å²) in [5, 5.41) is 1.97. The maximum absolute atomic E-state index is 11.8. The van der Waals surface area contributed by atoms with Crippen LogP contribution in [0.25, 0.3) is 0 Å². The van der Waals surface area contributed by atoms with Gasteiger partial charge in [-0.3, -0.25) is 4.84 Å². The fourth-order valence-electron chi connectivity index (χ4n) is 1.38. The predicted molar refractivity (Wildman–Crippen MR) is 72.9 cm³/mol. The standard InChI is InChI=1S/C7H15NO2.C5H4FN.CH5N/c1-7-5-8(10-6-7)3-4-9-2;6-5-3-1-2-4-7-5;1-2/h7H,3-6H2,1-2H3;1-4H;2H2,1H3/t7-;;/m1../s1. The third-order valence-electron chi connectivity index (χ3n) is 2.23. The van der Waals surface area contributed by atoms with Crippen molar-refractivity contribution in [3.8, 4) is 0 Å². The van der Waals surface area contributed by atoms with E-state index in [0.717, 1.165) is 26.3 Å². The lowest BCUT2D eigenvalue weighted by molar-refractivity contribution is -0.118. The largest absolute Gasteiger partial charge is 0.383 e. The van der Waals surface area contributed by atoms with Crippen molar-refractivity contribution in [1.82, 2.24) is 10.0 Å². The van der Waals surface area contributed by atoms with Gasteiger partial charge in [-0.15, -0.1) is 0 Å². The lowest BCUT2D eigenvalue weighted by Crippen LogP contribution is -2.23. The van der Waals surface area contributed by atoms with Crippen molar-refractivity contribution in [2.45, 2.75) is 6.92 Å². The summed E-state index contributed by atoms with van der Waals surface area (Å²) in [6, 6.07) is 4.57. The van der Waals surface area contributed by atoms with Gasteiger partial charge in [0.2, 0.25) is 5.95 Å². The van der Waals surface area contributed by atoms with E-state index in [1.54, 1.807) is 19.2 Å². The Balaban J connectivity index is 0.000000316. The van der Waals surface area contributed by atoms with E-state index in [1.165, 1.54) is 19.3 Å². The van der Waals surface area contributed by atoms with Crippen LogP contribution in [0.5, 0.6) is 0 Å². The molecule has 2 N–H and O–H groups in total. The first-order chi connectivity index (χ1) is 9.22. The number of halogens is 1. The van der Waals surface area contributed by atoms with Crippen molar-refractivity contribution in [3.05, 3.63) is 30.3 Å². The Labute approximate surface area is 114 Å². The van der Waals surface area contributed by atoms with Crippen LogP contribution in [0, 0.1) is 11.9 Å². The molecule has 1 aliphatic heterocycles. The zero-order valence-corrected chi connectivity index (χ0v) is 11.9. The van der Waals surface area contributed by atoms with Gasteiger partial charge in [0.15, 0.2) is 0 Å². The number of hydrogen-bond donors (Lipinski definition) is 1. The van der Waals surface area contributed by atoms with Crippen LogP contribution >= 0.6 is 0 Å². The van der Waals surface area contributed by atoms with Crippen LogP contribution in [0.4, 0.5) is 4.39 Å². The maximum Gasteiger partial charge on any atom is 0.212 e. The van der Waals surface area contributed by atoms with Gasteiger partial charge in [-0.2, -0.15) is 9.45 Å². The second-order valence-electron chi connectivity index (χ2n) is 3.93. The van der Waals surface area contributed by atoms with Gasteiger partial charge in [0.05, 0.1) is 13.2 Å². The second-order valence-corrected chi connectivity index (χ2v) is 3.93. The number of nitrogens with zero attached hydrogens (tertiary/aromatic N) is 2. The molecule has 1 aromatic heterocycles. The van der Waals surface area contributed by atoms with Crippen LogP contribution in [-0.2, 0) is 9.57 Å². The summed E-state index contributed by atoms with van der Waals surface area (Å²) in [4.78, 5) is 8.63. The summed E-state index contributed by atoms with van der Waals surface area (Å²) in [5.41, 5.74) is 4.50. The molecule has 19 heavy (non-hydrogen) atoms. The number of rotatable bonds is 3. The monoisotopic (exact) mass is 273 g/mol. The molecule has 110 valence electrons. The van der Waals surface area contributed by atoms with E-state index >= 15 is 0 Å². The van der Waals surface area contributed by atoms with Crippen LogP contribution < -0.4 is 5.73 Å². The number of hydrogen-bond acceptors (Lipinski definition) is 5. The van der Waals surface area contributed by atoms with Crippen molar-refractivity contribution in [2.75, 3.05) is 40.5 Å². The molecule has 0 aromatic carbocycles. The molecule has 0 unspecified atom stereocenters. The smallest absolute Gasteiger partial charge is 0.212 e. The summed E-state index contributed by atoms with van der Waals surface area (Å²) >= 11 is 0. The molecule has 1 saturated heterocycles. The molecule has 1 aromatic rings. The van der Waals surface area contributed by atoms with Crippen LogP contribution in [0.15, 0.2) is 24.4 Å². The summed E-state index contributed by atoms with van der Waals surface area (Å²) in [7, 11) is 3.21. The molecule has 6 heteroatoms. The lowest BCUT2D eigenvalue weighted by atomic mass is 10.2. The summed E-state index contributed by atoms with van der Waals surface area (Å²) in [5.74, 6) is 0.249. The first-order valence-electron chi connectivity index (χ1n) is 6.23. The molecule has 0 bridgehead atoms. The Bertz CT molecular complexity index is 301. The minimum atomic E-state index is -0.428.